The standard InChI is InChI=1S/C16H18N2O2/c1-18(2)13-9-7-12(8-10-13)11-17-15-6-4-3-5-14(15)16(19)20/h3-10,17H,11H2,1-2H3,(H,19,20)/p-1. The van der Waals surface area contributed by atoms with Gasteiger partial charge in [0.15, 0.2) is 0 Å². The van der Waals surface area contributed by atoms with Crippen LogP contribution in [0.1, 0.15) is 15.9 Å². The number of rotatable bonds is 5. The summed E-state index contributed by atoms with van der Waals surface area (Å²) in [5.74, 6) is -1.17. The maximum Gasteiger partial charge on any atom is 0.0736 e. The van der Waals surface area contributed by atoms with Crippen LogP contribution in [-0.4, -0.2) is 20.1 Å². The molecule has 0 atom stereocenters. The molecule has 0 amide bonds. The van der Waals surface area contributed by atoms with Crippen molar-refractivity contribution in [2.24, 2.45) is 0 Å². The number of para-hydroxylation sites is 1. The Morgan fingerprint density at radius 1 is 1.10 bits per heavy atom. The predicted molar refractivity (Wildman–Crippen MR) is 78.9 cm³/mol. The van der Waals surface area contributed by atoms with Crippen molar-refractivity contribution in [3.05, 3.63) is 59.7 Å². The van der Waals surface area contributed by atoms with Crippen LogP contribution in [0.25, 0.3) is 0 Å². The van der Waals surface area contributed by atoms with E-state index in [1.807, 2.05) is 43.3 Å². The monoisotopic (exact) mass is 269 g/mol. The third-order valence-electron chi connectivity index (χ3n) is 3.08. The zero-order valence-corrected chi connectivity index (χ0v) is 11.6. The molecule has 0 aromatic heterocycles. The Hall–Kier alpha value is -2.49. The van der Waals surface area contributed by atoms with Gasteiger partial charge < -0.3 is 20.1 Å². The Kier molecular flexibility index (Phi) is 4.25. The van der Waals surface area contributed by atoms with Crippen molar-refractivity contribution in [2.45, 2.75) is 6.54 Å². The Morgan fingerprint density at radius 2 is 1.75 bits per heavy atom. The summed E-state index contributed by atoms with van der Waals surface area (Å²) in [5.41, 5.74) is 2.97. The van der Waals surface area contributed by atoms with Gasteiger partial charge in [0.05, 0.1) is 5.97 Å². The molecule has 2 aromatic rings. The average Bonchev–Trinajstić information content (AvgIpc) is 2.45. The molecule has 0 aliphatic heterocycles. The average molecular weight is 269 g/mol. The second-order valence-corrected chi connectivity index (χ2v) is 4.75. The van der Waals surface area contributed by atoms with Gasteiger partial charge in [0.2, 0.25) is 0 Å². The third-order valence-corrected chi connectivity index (χ3v) is 3.08. The molecule has 0 radical (unpaired) electrons. The number of carbonyl (C=O) groups excluding carboxylic acids is 1. The quantitative estimate of drug-likeness (QED) is 0.898. The number of nitrogens with zero attached hydrogens (tertiary/aromatic N) is 1. The first-order valence-electron chi connectivity index (χ1n) is 6.38. The Bertz CT molecular complexity index is 592. The van der Waals surface area contributed by atoms with Gasteiger partial charge in [-0.3, -0.25) is 0 Å². The molecule has 0 unspecified atom stereocenters. The molecule has 0 spiro atoms. The van der Waals surface area contributed by atoms with E-state index in [9.17, 15) is 9.90 Å². The highest BCUT2D eigenvalue weighted by Crippen LogP contribution is 2.17. The molecule has 0 bridgehead atoms. The number of anilines is 2. The summed E-state index contributed by atoms with van der Waals surface area (Å²) in [6, 6.07) is 14.8. The van der Waals surface area contributed by atoms with E-state index in [2.05, 4.69) is 5.32 Å². The van der Waals surface area contributed by atoms with Crippen LogP contribution in [0.3, 0.4) is 0 Å². The van der Waals surface area contributed by atoms with Crippen LogP contribution in [0.4, 0.5) is 11.4 Å². The second-order valence-electron chi connectivity index (χ2n) is 4.75. The van der Waals surface area contributed by atoms with E-state index in [0.717, 1.165) is 11.3 Å². The summed E-state index contributed by atoms with van der Waals surface area (Å²) in [6.07, 6.45) is 0. The van der Waals surface area contributed by atoms with Crippen LogP contribution in [-0.2, 0) is 6.54 Å². The van der Waals surface area contributed by atoms with Crippen molar-refractivity contribution in [3.63, 3.8) is 0 Å². The van der Waals surface area contributed by atoms with Crippen LogP contribution in [0.15, 0.2) is 48.5 Å². The number of nitrogens with one attached hydrogen (secondary N) is 1. The third kappa shape index (κ3) is 3.29. The van der Waals surface area contributed by atoms with Gasteiger partial charge in [-0.25, -0.2) is 0 Å². The van der Waals surface area contributed by atoms with Gasteiger partial charge in [-0.15, -0.1) is 0 Å². The Morgan fingerprint density at radius 3 is 2.35 bits per heavy atom. The van der Waals surface area contributed by atoms with Crippen LogP contribution in [0.2, 0.25) is 0 Å². The highest BCUT2D eigenvalue weighted by Gasteiger charge is 2.02. The van der Waals surface area contributed by atoms with Crippen LogP contribution in [0.5, 0.6) is 0 Å². The van der Waals surface area contributed by atoms with E-state index >= 15 is 0 Å². The molecule has 0 saturated carbocycles. The van der Waals surface area contributed by atoms with Crippen LogP contribution >= 0.6 is 0 Å². The van der Waals surface area contributed by atoms with E-state index < -0.39 is 5.97 Å². The fourth-order valence-electron chi connectivity index (χ4n) is 1.92. The lowest BCUT2D eigenvalue weighted by atomic mass is 10.1. The first kappa shape index (κ1) is 13.9. The Balaban J connectivity index is 2.07. The Labute approximate surface area is 118 Å². The molecular formula is C16H17N2O2-. The van der Waals surface area contributed by atoms with Crippen molar-refractivity contribution >= 4 is 17.3 Å². The van der Waals surface area contributed by atoms with Crippen molar-refractivity contribution in [1.29, 1.82) is 0 Å². The minimum atomic E-state index is -1.17. The molecule has 0 fully saturated rings. The van der Waals surface area contributed by atoms with Gasteiger partial charge >= 0.3 is 0 Å². The maximum absolute atomic E-state index is 11.0. The van der Waals surface area contributed by atoms with Crippen molar-refractivity contribution < 1.29 is 9.90 Å². The topological polar surface area (TPSA) is 55.4 Å². The first-order chi connectivity index (χ1) is 9.58. The molecule has 4 nitrogen and oxygen atoms in total. The van der Waals surface area contributed by atoms with Crippen LogP contribution < -0.4 is 15.3 Å². The van der Waals surface area contributed by atoms with Crippen molar-refractivity contribution in [2.75, 3.05) is 24.3 Å². The molecular weight excluding hydrogens is 252 g/mol. The number of carboxylic acids is 1. The van der Waals surface area contributed by atoms with Gasteiger partial charge in [-0.05, 0) is 23.8 Å². The normalized spacial score (nSPS) is 10.1. The van der Waals surface area contributed by atoms with Gasteiger partial charge in [0.25, 0.3) is 0 Å². The summed E-state index contributed by atoms with van der Waals surface area (Å²) in [4.78, 5) is 13.0. The zero-order valence-electron chi connectivity index (χ0n) is 11.6. The van der Waals surface area contributed by atoms with Crippen molar-refractivity contribution in [1.82, 2.24) is 0 Å². The lowest BCUT2D eigenvalue weighted by Crippen LogP contribution is -2.23. The molecule has 0 aliphatic carbocycles. The van der Waals surface area contributed by atoms with Gasteiger partial charge in [0, 0.05) is 37.6 Å². The van der Waals surface area contributed by atoms with E-state index in [1.54, 1.807) is 18.2 Å². The summed E-state index contributed by atoms with van der Waals surface area (Å²) >= 11 is 0. The van der Waals surface area contributed by atoms with Gasteiger partial charge in [0.1, 0.15) is 0 Å². The van der Waals surface area contributed by atoms with Crippen molar-refractivity contribution in [3.8, 4) is 0 Å². The summed E-state index contributed by atoms with van der Waals surface area (Å²) in [7, 11) is 3.98. The number of carboxylic acid groups (broad SMARTS) is 1. The fraction of sp³-hybridized carbons (Fsp3) is 0.188. The minimum Gasteiger partial charge on any atom is -0.545 e. The fourth-order valence-corrected chi connectivity index (χ4v) is 1.92. The molecule has 104 valence electrons. The smallest absolute Gasteiger partial charge is 0.0736 e. The number of hydrogen-bond donors (Lipinski definition) is 1. The summed E-state index contributed by atoms with van der Waals surface area (Å²) in [5, 5.41) is 14.1. The molecule has 2 rings (SSSR count). The predicted octanol–water partition coefficient (Wildman–Crippen LogP) is 1.73. The van der Waals surface area contributed by atoms with Gasteiger partial charge in [-0.2, -0.15) is 0 Å². The number of benzene rings is 2. The van der Waals surface area contributed by atoms with Gasteiger partial charge in [-0.1, -0.05) is 30.3 Å². The lowest BCUT2D eigenvalue weighted by Gasteiger charge is -2.14. The number of aromatic carboxylic acids is 1. The molecule has 1 N–H and O–H groups in total. The zero-order chi connectivity index (χ0) is 14.5. The highest BCUT2D eigenvalue weighted by atomic mass is 16.4. The number of carbonyl (C=O) groups is 1. The minimum absolute atomic E-state index is 0.178. The molecule has 4 heteroatoms. The molecule has 0 saturated heterocycles. The number of hydrogen-bond acceptors (Lipinski definition) is 4. The lowest BCUT2D eigenvalue weighted by molar-refractivity contribution is -0.254. The van der Waals surface area contributed by atoms with E-state index in [4.69, 9.17) is 0 Å². The summed E-state index contributed by atoms with van der Waals surface area (Å²) < 4.78 is 0. The summed E-state index contributed by atoms with van der Waals surface area (Å²) in [6.45, 7) is 0.567. The maximum atomic E-state index is 11.0. The van der Waals surface area contributed by atoms with E-state index in [-0.39, 0.29) is 5.56 Å². The first-order valence-corrected chi connectivity index (χ1v) is 6.38. The second kappa shape index (κ2) is 6.10. The van der Waals surface area contributed by atoms with E-state index in [0.29, 0.717) is 12.2 Å². The highest BCUT2D eigenvalue weighted by molar-refractivity contribution is 5.92. The molecule has 20 heavy (non-hydrogen) atoms. The molecule has 2 aromatic carbocycles. The molecule has 0 aliphatic rings. The largest absolute Gasteiger partial charge is 0.545 e. The molecule has 0 heterocycles. The SMILES string of the molecule is CN(C)c1ccc(CNc2ccccc2C(=O)[O-])cc1. The van der Waals surface area contributed by atoms with E-state index in [1.165, 1.54) is 6.07 Å². The van der Waals surface area contributed by atoms with Crippen LogP contribution in [0, 0.1) is 0 Å².